The number of anilines is 1. The van der Waals surface area contributed by atoms with Crippen LogP contribution in [-0.2, 0) is 11.3 Å². The van der Waals surface area contributed by atoms with Crippen LogP contribution >= 0.6 is 11.8 Å². The van der Waals surface area contributed by atoms with Gasteiger partial charge in [-0.1, -0.05) is 0 Å². The van der Waals surface area contributed by atoms with E-state index in [9.17, 15) is 4.79 Å². The number of hydrogen-bond acceptors (Lipinski definition) is 6. The monoisotopic (exact) mass is 284 g/mol. The molecule has 0 amide bonds. The molecule has 0 radical (unpaired) electrons. The largest absolute Gasteiger partial charge is 0.480 e. The van der Waals surface area contributed by atoms with Crippen molar-refractivity contribution < 1.29 is 9.90 Å². The van der Waals surface area contributed by atoms with Crippen molar-refractivity contribution in [3.63, 3.8) is 0 Å². The summed E-state index contributed by atoms with van der Waals surface area (Å²) in [4.78, 5) is 21.2. The summed E-state index contributed by atoms with van der Waals surface area (Å²) in [5.74, 6) is 0.640. The van der Waals surface area contributed by atoms with Crippen molar-refractivity contribution >= 4 is 23.7 Å². The summed E-state index contributed by atoms with van der Waals surface area (Å²) in [6.07, 6.45) is 5.99. The molecule has 19 heavy (non-hydrogen) atoms. The predicted octanol–water partition coefficient (Wildman–Crippen LogP) is 0.838. The second-order valence-electron chi connectivity index (χ2n) is 4.34. The van der Waals surface area contributed by atoms with Crippen LogP contribution in [0.3, 0.4) is 0 Å². The highest BCUT2D eigenvalue weighted by Crippen LogP contribution is 2.05. The molecule has 0 aliphatic rings. The van der Waals surface area contributed by atoms with Crippen LogP contribution in [0.5, 0.6) is 0 Å². The van der Waals surface area contributed by atoms with Gasteiger partial charge in [0, 0.05) is 38.6 Å². The Balaban J connectivity index is 2.51. The van der Waals surface area contributed by atoms with E-state index in [4.69, 9.17) is 5.11 Å². The number of carboxylic acid groups (broad SMARTS) is 1. The zero-order valence-corrected chi connectivity index (χ0v) is 12.3. The Kier molecular flexibility index (Phi) is 6.58. The standard InChI is InChI=1S/C12H20N4O2S/c1-16(2)12-14-7-9(8-15-12)6-13-10(11(17)18)4-5-19-3/h7-8,10,13H,4-6H2,1-3H3,(H,17,18). The number of aromatic nitrogens is 2. The molecule has 0 aromatic carbocycles. The minimum Gasteiger partial charge on any atom is -0.480 e. The van der Waals surface area contributed by atoms with Crippen molar-refractivity contribution in [3.05, 3.63) is 18.0 Å². The molecule has 1 heterocycles. The fraction of sp³-hybridized carbons (Fsp3) is 0.583. The van der Waals surface area contributed by atoms with Gasteiger partial charge in [0.1, 0.15) is 6.04 Å². The van der Waals surface area contributed by atoms with E-state index < -0.39 is 12.0 Å². The highest BCUT2D eigenvalue weighted by atomic mass is 32.2. The molecule has 106 valence electrons. The first-order chi connectivity index (χ1) is 9.04. The number of aliphatic carboxylic acids is 1. The second-order valence-corrected chi connectivity index (χ2v) is 5.32. The molecule has 0 saturated heterocycles. The first-order valence-electron chi connectivity index (χ1n) is 5.98. The number of nitrogens with zero attached hydrogens (tertiary/aromatic N) is 3. The first-order valence-corrected chi connectivity index (χ1v) is 7.37. The third-order valence-electron chi connectivity index (χ3n) is 2.55. The highest BCUT2D eigenvalue weighted by molar-refractivity contribution is 7.98. The van der Waals surface area contributed by atoms with Crippen LogP contribution in [0, 0.1) is 0 Å². The van der Waals surface area contributed by atoms with Gasteiger partial charge in [-0.15, -0.1) is 0 Å². The van der Waals surface area contributed by atoms with E-state index >= 15 is 0 Å². The summed E-state index contributed by atoms with van der Waals surface area (Å²) in [5, 5.41) is 12.1. The molecule has 0 bridgehead atoms. The van der Waals surface area contributed by atoms with E-state index in [1.807, 2.05) is 25.3 Å². The van der Waals surface area contributed by atoms with Crippen LogP contribution in [0.2, 0.25) is 0 Å². The van der Waals surface area contributed by atoms with Crippen molar-refractivity contribution in [2.75, 3.05) is 31.0 Å². The van der Waals surface area contributed by atoms with Crippen LogP contribution in [0.1, 0.15) is 12.0 Å². The molecule has 1 atom stereocenters. The molecule has 7 heteroatoms. The van der Waals surface area contributed by atoms with Gasteiger partial charge in [-0.05, 0) is 18.4 Å². The lowest BCUT2D eigenvalue weighted by Crippen LogP contribution is -2.36. The molecule has 2 N–H and O–H groups in total. The Morgan fingerprint density at radius 2 is 2.11 bits per heavy atom. The molecule has 1 unspecified atom stereocenters. The van der Waals surface area contributed by atoms with Crippen LogP contribution < -0.4 is 10.2 Å². The molecule has 1 rings (SSSR count). The third kappa shape index (κ3) is 5.44. The SMILES string of the molecule is CSCCC(NCc1cnc(N(C)C)nc1)C(=O)O. The van der Waals surface area contributed by atoms with Crippen molar-refractivity contribution in [1.82, 2.24) is 15.3 Å². The number of hydrogen-bond donors (Lipinski definition) is 2. The molecular weight excluding hydrogens is 264 g/mol. The van der Waals surface area contributed by atoms with Crippen LogP contribution in [0.15, 0.2) is 12.4 Å². The van der Waals surface area contributed by atoms with Gasteiger partial charge < -0.3 is 15.3 Å². The van der Waals surface area contributed by atoms with Crippen molar-refractivity contribution in [2.24, 2.45) is 0 Å². The predicted molar refractivity (Wildman–Crippen MR) is 77.6 cm³/mol. The van der Waals surface area contributed by atoms with Gasteiger partial charge in [0.25, 0.3) is 0 Å². The van der Waals surface area contributed by atoms with Gasteiger partial charge in [0.2, 0.25) is 5.95 Å². The lowest BCUT2D eigenvalue weighted by Gasteiger charge is -2.14. The van der Waals surface area contributed by atoms with Crippen molar-refractivity contribution in [3.8, 4) is 0 Å². The maximum atomic E-state index is 11.1. The summed E-state index contributed by atoms with van der Waals surface area (Å²) >= 11 is 1.64. The van der Waals surface area contributed by atoms with Gasteiger partial charge in [-0.25, -0.2) is 9.97 Å². The van der Waals surface area contributed by atoms with E-state index in [-0.39, 0.29) is 0 Å². The topological polar surface area (TPSA) is 78.4 Å². The van der Waals surface area contributed by atoms with Gasteiger partial charge in [0.05, 0.1) is 0 Å². The van der Waals surface area contributed by atoms with Crippen molar-refractivity contribution in [2.45, 2.75) is 19.0 Å². The van der Waals surface area contributed by atoms with Gasteiger partial charge in [-0.3, -0.25) is 4.79 Å². The smallest absolute Gasteiger partial charge is 0.320 e. The molecular formula is C12H20N4O2S. The molecule has 0 fully saturated rings. The maximum absolute atomic E-state index is 11.1. The highest BCUT2D eigenvalue weighted by Gasteiger charge is 2.15. The van der Waals surface area contributed by atoms with Crippen molar-refractivity contribution in [1.29, 1.82) is 0 Å². The Morgan fingerprint density at radius 1 is 1.47 bits per heavy atom. The third-order valence-corrected chi connectivity index (χ3v) is 3.20. The molecule has 1 aromatic heterocycles. The van der Waals surface area contributed by atoms with Gasteiger partial charge in [0.15, 0.2) is 0 Å². The summed E-state index contributed by atoms with van der Waals surface area (Å²) in [6.45, 7) is 0.457. The van der Waals surface area contributed by atoms with Crippen LogP contribution in [0.25, 0.3) is 0 Å². The Morgan fingerprint density at radius 3 is 2.58 bits per heavy atom. The molecule has 0 spiro atoms. The zero-order valence-electron chi connectivity index (χ0n) is 11.5. The maximum Gasteiger partial charge on any atom is 0.320 e. The lowest BCUT2D eigenvalue weighted by atomic mass is 10.2. The lowest BCUT2D eigenvalue weighted by molar-refractivity contribution is -0.139. The van der Waals surface area contributed by atoms with E-state index in [2.05, 4.69) is 15.3 Å². The molecule has 0 aliphatic heterocycles. The Bertz CT molecular complexity index is 397. The van der Waals surface area contributed by atoms with E-state index in [0.717, 1.165) is 11.3 Å². The van der Waals surface area contributed by atoms with E-state index in [1.54, 1.807) is 24.2 Å². The average Bonchev–Trinajstić information content (AvgIpc) is 2.39. The van der Waals surface area contributed by atoms with Crippen LogP contribution in [-0.4, -0.2) is 53.2 Å². The minimum atomic E-state index is -0.820. The van der Waals surface area contributed by atoms with E-state index in [1.165, 1.54) is 0 Å². The molecule has 0 saturated carbocycles. The molecule has 1 aromatic rings. The quantitative estimate of drug-likeness (QED) is 0.732. The Hall–Kier alpha value is -1.34. The number of thioether (sulfide) groups is 1. The number of nitrogens with one attached hydrogen (secondary N) is 1. The molecule has 6 nitrogen and oxygen atoms in total. The first kappa shape index (κ1) is 15.7. The van der Waals surface area contributed by atoms with Crippen LogP contribution in [0.4, 0.5) is 5.95 Å². The van der Waals surface area contributed by atoms with Gasteiger partial charge >= 0.3 is 5.97 Å². The minimum absolute atomic E-state index is 0.457. The van der Waals surface area contributed by atoms with E-state index in [0.29, 0.717) is 18.9 Å². The summed E-state index contributed by atoms with van der Waals surface area (Å²) in [6, 6.07) is -0.527. The normalized spacial score (nSPS) is 12.2. The zero-order chi connectivity index (χ0) is 14.3. The Labute approximate surface area is 117 Å². The summed E-state index contributed by atoms with van der Waals surface area (Å²) in [5.41, 5.74) is 0.876. The fourth-order valence-electron chi connectivity index (χ4n) is 1.46. The van der Waals surface area contributed by atoms with Gasteiger partial charge in [-0.2, -0.15) is 11.8 Å². The fourth-order valence-corrected chi connectivity index (χ4v) is 1.93. The second kappa shape index (κ2) is 7.96. The average molecular weight is 284 g/mol. The number of carbonyl (C=O) groups is 1. The summed E-state index contributed by atoms with van der Waals surface area (Å²) in [7, 11) is 3.74. The summed E-state index contributed by atoms with van der Waals surface area (Å²) < 4.78 is 0. The number of rotatable bonds is 8. The molecule has 0 aliphatic carbocycles. The number of carboxylic acids is 1.